The van der Waals surface area contributed by atoms with Gasteiger partial charge in [-0.1, -0.05) is 0 Å². The highest BCUT2D eigenvalue weighted by Crippen LogP contribution is 1.87. The van der Waals surface area contributed by atoms with Crippen molar-refractivity contribution in [3.63, 3.8) is 0 Å². The molecule has 0 aromatic rings. The zero-order valence-corrected chi connectivity index (χ0v) is 5.11. The molecule has 0 aromatic heterocycles. The molecule has 0 unspecified atom stereocenters. The van der Waals surface area contributed by atoms with Gasteiger partial charge in [0.25, 0.3) is 0 Å². The zero-order chi connectivity index (χ0) is 5.66. The van der Waals surface area contributed by atoms with Gasteiger partial charge in [-0.05, 0) is 25.9 Å². The van der Waals surface area contributed by atoms with Gasteiger partial charge in [0.2, 0.25) is 0 Å². The fourth-order valence-electron chi connectivity index (χ4n) is 0.826. The second-order valence-electron chi connectivity index (χ2n) is 2.07. The van der Waals surface area contributed by atoms with Crippen molar-refractivity contribution in [3.8, 4) is 0 Å². The first-order chi connectivity index (χ1) is 4.00. The van der Waals surface area contributed by atoms with Crippen molar-refractivity contribution in [3.05, 3.63) is 6.54 Å². The summed E-state index contributed by atoms with van der Waals surface area (Å²) in [5, 5.41) is 6.47. The van der Waals surface area contributed by atoms with E-state index in [9.17, 15) is 0 Å². The van der Waals surface area contributed by atoms with Gasteiger partial charge >= 0.3 is 0 Å². The fourth-order valence-corrected chi connectivity index (χ4v) is 0.826. The molecule has 0 aliphatic carbocycles. The van der Waals surface area contributed by atoms with Crippen LogP contribution < -0.4 is 10.6 Å². The number of nitrogens with one attached hydrogen (secondary N) is 2. The maximum Gasteiger partial charge on any atom is 0.0359 e. The monoisotopic (exact) mass is 113 g/mol. The molecule has 1 rings (SSSR count). The lowest BCUT2D eigenvalue weighted by atomic mass is 10.3. The van der Waals surface area contributed by atoms with Crippen molar-refractivity contribution in [1.29, 1.82) is 0 Å². The van der Waals surface area contributed by atoms with E-state index < -0.39 is 0 Å². The number of hydrogen-bond donors (Lipinski definition) is 2. The van der Waals surface area contributed by atoms with Gasteiger partial charge < -0.3 is 10.6 Å². The van der Waals surface area contributed by atoms with Crippen LogP contribution in [-0.4, -0.2) is 19.6 Å². The van der Waals surface area contributed by atoms with E-state index >= 15 is 0 Å². The van der Waals surface area contributed by atoms with Crippen LogP contribution in [0, 0.1) is 6.54 Å². The lowest BCUT2D eigenvalue weighted by Crippen LogP contribution is -2.27. The van der Waals surface area contributed by atoms with Crippen LogP contribution in [0.2, 0.25) is 0 Å². The molecule has 2 nitrogen and oxygen atoms in total. The minimum atomic E-state index is 1.01. The summed E-state index contributed by atoms with van der Waals surface area (Å²) in [5.41, 5.74) is 0. The Kier molecular flexibility index (Phi) is 2.92. The molecule has 1 saturated heterocycles. The maximum atomic E-state index is 3.27. The minimum Gasteiger partial charge on any atom is -0.315 e. The highest BCUT2D eigenvalue weighted by atomic mass is 14.9. The predicted octanol–water partition coefficient (Wildman–Crippen LogP) is 0.121. The quantitative estimate of drug-likeness (QED) is 0.466. The Labute approximate surface area is 50.7 Å². The molecule has 1 aliphatic heterocycles. The molecule has 1 aliphatic rings. The van der Waals surface area contributed by atoms with Crippen LogP contribution in [0.5, 0.6) is 0 Å². The Bertz CT molecular complexity index is 30.5. The third-order valence-corrected chi connectivity index (χ3v) is 1.32. The summed E-state index contributed by atoms with van der Waals surface area (Å²) in [6, 6.07) is 0. The zero-order valence-electron chi connectivity index (χ0n) is 5.11. The van der Waals surface area contributed by atoms with Crippen LogP contribution in [0.15, 0.2) is 0 Å². The van der Waals surface area contributed by atoms with Crippen molar-refractivity contribution in [2.24, 2.45) is 0 Å². The lowest BCUT2D eigenvalue weighted by molar-refractivity contribution is 0.568. The number of rotatable bonds is 0. The summed E-state index contributed by atoms with van der Waals surface area (Å²) in [5.74, 6) is 0. The minimum absolute atomic E-state index is 1.01. The molecular weight excluding hydrogens is 100 g/mol. The standard InChI is InChI=1S/C6H13N2/c1-2-4-8-6-5-7-3-1/h5,7-8H,1-4,6H2. The Morgan fingerprint density at radius 1 is 1.12 bits per heavy atom. The van der Waals surface area contributed by atoms with Crippen LogP contribution in [0.3, 0.4) is 0 Å². The van der Waals surface area contributed by atoms with E-state index in [4.69, 9.17) is 0 Å². The van der Waals surface area contributed by atoms with Gasteiger partial charge in [-0.25, -0.2) is 0 Å². The molecule has 1 heterocycles. The van der Waals surface area contributed by atoms with Crippen molar-refractivity contribution in [2.45, 2.75) is 12.8 Å². The SMILES string of the molecule is [CH]1CNCCCCN1. The topological polar surface area (TPSA) is 24.1 Å². The molecule has 0 saturated carbocycles. The van der Waals surface area contributed by atoms with Gasteiger partial charge in [0.05, 0.1) is 0 Å². The van der Waals surface area contributed by atoms with E-state index in [1.54, 1.807) is 0 Å². The van der Waals surface area contributed by atoms with Crippen LogP contribution >= 0.6 is 0 Å². The van der Waals surface area contributed by atoms with Crippen LogP contribution in [0.25, 0.3) is 0 Å². The molecule has 2 N–H and O–H groups in total. The van der Waals surface area contributed by atoms with E-state index in [1.807, 2.05) is 0 Å². The largest absolute Gasteiger partial charge is 0.315 e. The summed E-state index contributed by atoms with van der Waals surface area (Å²) in [6.45, 7) is 5.43. The molecule has 1 radical (unpaired) electrons. The Morgan fingerprint density at radius 3 is 3.00 bits per heavy atom. The second-order valence-corrected chi connectivity index (χ2v) is 2.07. The first kappa shape index (κ1) is 6.05. The second kappa shape index (κ2) is 3.87. The van der Waals surface area contributed by atoms with E-state index in [0.717, 1.165) is 13.1 Å². The van der Waals surface area contributed by atoms with Gasteiger partial charge in [-0.15, -0.1) is 0 Å². The van der Waals surface area contributed by atoms with E-state index in [2.05, 4.69) is 17.2 Å². The van der Waals surface area contributed by atoms with Crippen molar-refractivity contribution < 1.29 is 0 Å². The van der Waals surface area contributed by atoms with Gasteiger partial charge in [0, 0.05) is 13.1 Å². The predicted molar refractivity (Wildman–Crippen MR) is 34.4 cm³/mol. The molecule has 0 spiro atoms. The molecule has 0 aromatic carbocycles. The lowest BCUT2D eigenvalue weighted by Gasteiger charge is -2.09. The average molecular weight is 113 g/mol. The van der Waals surface area contributed by atoms with E-state index in [-0.39, 0.29) is 0 Å². The summed E-state index contributed by atoms with van der Waals surface area (Å²) >= 11 is 0. The first-order valence-corrected chi connectivity index (χ1v) is 3.26. The summed E-state index contributed by atoms with van der Waals surface area (Å²) < 4.78 is 0. The third kappa shape index (κ3) is 2.28. The summed E-state index contributed by atoms with van der Waals surface area (Å²) in [4.78, 5) is 0. The maximum absolute atomic E-state index is 3.27. The highest BCUT2D eigenvalue weighted by molar-refractivity contribution is 4.67. The summed E-state index contributed by atoms with van der Waals surface area (Å²) in [6.07, 6.45) is 2.60. The van der Waals surface area contributed by atoms with Crippen LogP contribution in [0.4, 0.5) is 0 Å². The van der Waals surface area contributed by atoms with Crippen molar-refractivity contribution in [2.75, 3.05) is 19.6 Å². The molecule has 0 bridgehead atoms. The third-order valence-electron chi connectivity index (χ3n) is 1.32. The Hall–Kier alpha value is -0.0800. The molecule has 0 amide bonds. The van der Waals surface area contributed by atoms with Gasteiger partial charge in [0.1, 0.15) is 0 Å². The molecule has 8 heavy (non-hydrogen) atoms. The fraction of sp³-hybridized carbons (Fsp3) is 0.833. The van der Waals surface area contributed by atoms with Gasteiger partial charge in [-0.3, -0.25) is 0 Å². The van der Waals surface area contributed by atoms with Crippen molar-refractivity contribution >= 4 is 0 Å². The summed E-state index contributed by atoms with van der Waals surface area (Å²) in [7, 11) is 0. The molecular formula is C6H13N2. The van der Waals surface area contributed by atoms with Gasteiger partial charge in [-0.2, -0.15) is 0 Å². The first-order valence-electron chi connectivity index (χ1n) is 3.26. The smallest absolute Gasteiger partial charge is 0.0359 e. The average Bonchev–Trinajstić information content (AvgIpc) is 1.62. The van der Waals surface area contributed by atoms with E-state index in [0.29, 0.717) is 0 Å². The molecule has 2 heteroatoms. The van der Waals surface area contributed by atoms with Crippen LogP contribution in [-0.2, 0) is 0 Å². The normalized spacial score (nSPS) is 24.0. The van der Waals surface area contributed by atoms with Crippen LogP contribution in [0.1, 0.15) is 12.8 Å². The molecule has 0 atom stereocenters. The van der Waals surface area contributed by atoms with Gasteiger partial charge in [0.15, 0.2) is 0 Å². The van der Waals surface area contributed by atoms with E-state index in [1.165, 1.54) is 19.4 Å². The number of hydrogen-bond acceptors (Lipinski definition) is 2. The van der Waals surface area contributed by atoms with Crippen molar-refractivity contribution in [1.82, 2.24) is 10.6 Å². The highest BCUT2D eigenvalue weighted by Gasteiger charge is 1.93. The molecule has 47 valence electrons. The Morgan fingerprint density at radius 2 is 2.00 bits per heavy atom. The molecule has 1 fully saturated rings. The Balaban J connectivity index is 2.00.